The number of carbonyl (C=O) groups excluding carboxylic acids is 1. The maximum atomic E-state index is 12.8. The number of morpholine rings is 1. The molecule has 1 unspecified atom stereocenters. The molecule has 2 saturated heterocycles. The molecular weight excluding hydrogens is 306 g/mol. The van der Waals surface area contributed by atoms with Crippen LogP contribution in [0.2, 0.25) is 0 Å². The predicted octanol–water partition coefficient (Wildman–Crippen LogP) is 1.22. The smallest absolute Gasteiger partial charge is 0.245 e. The van der Waals surface area contributed by atoms with E-state index >= 15 is 0 Å². The molecule has 0 aromatic carbocycles. The van der Waals surface area contributed by atoms with E-state index in [0.717, 1.165) is 48.7 Å². The van der Waals surface area contributed by atoms with E-state index in [4.69, 9.17) is 4.74 Å². The largest absolute Gasteiger partial charge is 0.379 e. The van der Waals surface area contributed by atoms with E-state index in [1.165, 1.54) is 0 Å². The summed E-state index contributed by atoms with van der Waals surface area (Å²) in [5, 5.41) is 6.80. The molecular formula is C17H21N5O2. The average Bonchev–Trinajstić information content (AvgIpc) is 3.25. The van der Waals surface area contributed by atoms with Crippen molar-refractivity contribution in [2.45, 2.75) is 19.4 Å². The van der Waals surface area contributed by atoms with Gasteiger partial charge in [0.15, 0.2) is 0 Å². The Morgan fingerprint density at radius 3 is 2.79 bits per heavy atom. The molecule has 1 amide bonds. The molecule has 4 rings (SSSR count). The van der Waals surface area contributed by atoms with Gasteiger partial charge in [0, 0.05) is 42.7 Å². The van der Waals surface area contributed by atoms with Crippen molar-refractivity contribution in [3.8, 4) is 11.1 Å². The summed E-state index contributed by atoms with van der Waals surface area (Å²) in [6.45, 7) is 5.76. The number of carbonyl (C=O) groups is 1. The van der Waals surface area contributed by atoms with Crippen molar-refractivity contribution in [2.24, 2.45) is 0 Å². The molecule has 2 aliphatic heterocycles. The Balaban J connectivity index is 1.54. The Morgan fingerprint density at radius 1 is 1.25 bits per heavy atom. The maximum absolute atomic E-state index is 12.8. The SMILES string of the molecule is Cc1nc(N2CCC(N3CCOCC3)C2=O)ccc1-c1cn[nH]c1. The molecule has 126 valence electrons. The van der Waals surface area contributed by atoms with Crippen molar-refractivity contribution in [1.82, 2.24) is 20.1 Å². The molecule has 0 bridgehead atoms. The number of hydrogen-bond acceptors (Lipinski definition) is 5. The first-order chi connectivity index (χ1) is 11.7. The first-order valence-corrected chi connectivity index (χ1v) is 8.34. The van der Waals surface area contributed by atoms with E-state index < -0.39 is 0 Å². The molecule has 0 saturated carbocycles. The molecule has 7 heteroatoms. The van der Waals surface area contributed by atoms with Crippen LogP contribution in [0.4, 0.5) is 5.82 Å². The van der Waals surface area contributed by atoms with Gasteiger partial charge in [-0.25, -0.2) is 4.98 Å². The van der Waals surface area contributed by atoms with Gasteiger partial charge in [-0.2, -0.15) is 5.10 Å². The van der Waals surface area contributed by atoms with Gasteiger partial charge in [0.2, 0.25) is 5.91 Å². The number of rotatable bonds is 3. The number of anilines is 1. The first kappa shape index (κ1) is 15.3. The quantitative estimate of drug-likeness (QED) is 0.917. The summed E-state index contributed by atoms with van der Waals surface area (Å²) in [5.74, 6) is 0.889. The third-order valence-corrected chi connectivity index (χ3v) is 4.82. The molecule has 2 fully saturated rings. The lowest BCUT2D eigenvalue weighted by atomic mass is 10.1. The van der Waals surface area contributed by atoms with Gasteiger partial charge in [-0.05, 0) is 25.5 Å². The van der Waals surface area contributed by atoms with Gasteiger partial charge in [0.25, 0.3) is 0 Å². The minimum atomic E-state index is -0.0374. The van der Waals surface area contributed by atoms with Crippen LogP contribution in [0.15, 0.2) is 24.5 Å². The molecule has 2 aromatic heterocycles. The molecule has 0 radical (unpaired) electrons. The van der Waals surface area contributed by atoms with Crippen LogP contribution in [0.25, 0.3) is 11.1 Å². The van der Waals surface area contributed by atoms with Crippen molar-refractivity contribution in [3.05, 3.63) is 30.2 Å². The molecule has 7 nitrogen and oxygen atoms in total. The lowest BCUT2D eigenvalue weighted by Gasteiger charge is -2.31. The second kappa shape index (κ2) is 6.33. The van der Waals surface area contributed by atoms with Gasteiger partial charge in [0.05, 0.1) is 25.5 Å². The second-order valence-corrected chi connectivity index (χ2v) is 6.23. The number of aromatic nitrogens is 3. The van der Waals surface area contributed by atoms with Gasteiger partial charge in [0.1, 0.15) is 5.82 Å². The van der Waals surface area contributed by atoms with Crippen LogP contribution in [-0.4, -0.2) is 64.9 Å². The molecule has 4 heterocycles. The van der Waals surface area contributed by atoms with E-state index in [0.29, 0.717) is 13.2 Å². The number of aryl methyl sites for hydroxylation is 1. The van der Waals surface area contributed by atoms with Gasteiger partial charge in [-0.15, -0.1) is 0 Å². The number of nitrogens with one attached hydrogen (secondary N) is 1. The number of H-pyrrole nitrogens is 1. The predicted molar refractivity (Wildman–Crippen MR) is 89.7 cm³/mol. The fraction of sp³-hybridized carbons (Fsp3) is 0.471. The van der Waals surface area contributed by atoms with Crippen molar-refractivity contribution in [3.63, 3.8) is 0 Å². The normalized spacial score (nSPS) is 22.3. The van der Waals surface area contributed by atoms with Crippen LogP contribution in [0, 0.1) is 6.92 Å². The van der Waals surface area contributed by atoms with Gasteiger partial charge < -0.3 is 4.74 Å². The minimum absolute atomic E-state index is 0.0374. The Labute approximate surface area is 140 Å². The lowest BCUT2D eigenvalue weighted by Crippen LogP contribution is -2.47. The van der Waals surface area contributed by atoms with Gasteiger partial charge in [-0.3, -0.25) is 19.7 Å². The van der Waals surface area contributed by atoms with Crippen molar-refractivity contribution in [1.29, 1.82) is 0 Å². The second-order valence-electron chi connectivity index (χ2n) is 6.23. The van der Waals surface area contributed by atoms with Crippen molar-refractivity contribution >= 4 is 11.7 Å². The standard InChI is InChI=1S/C17H21N5O2/c1-12-14(13-10-18-19-11-13)2-3-16(20-12)22-5-4-15(17(22)23)21-6-8-24-9-7-21/h2-3,10-11,15H,4-9H2,1H3,(H,18,19). The number of ether oxygens (including phenoxy) is 1. The highest BCUT2D eigenvalue weighted by atomic mass is 16.5. The summed E-state index contributed by atoms with van der Waals surface area (Å²) >= 11 is 0. The van der Waals surface area contributed by atoms with E-state index in [1.54, 1.807) is 6.20 Å². The fourth-order valence-corrected chi connectivity index (χ4v) is 3.52. The highest BCUT2D eigenvalue weighted by molar-refractivity contribution is 5.98. The van der Waals surface area contributed by atoms with Crippen LogP contribution in [-0.2, 0) is 9.53 Å². The summed E-state index contributed by atoms with van der Waals surface area (Å²) in [6, 6.07) is 3.90. The zero-order valence-corrected chi connectivity index (χ0v) is 13.7. The number of amides is 1. The average molecular weight is 327 g/mol. The number of pyridine rings is 1. The lowest BCUT2D eigenvalue weighted by molar-refractivity contribution is -0.123. The van der Waals surface area contributed by atoms with E-state index in [1.807, 2.05) is 30.2 Å². The van der Waals surface area contributed by atoms with Crippen LogP contribution in [0.1, 0.15) is 12.1 Å². The summed E-state index contributed by atoms with van der Waals surface area (Å²) in [4.78, 5) is 21.5. The zero-order valence-electron chi connectivity index (χ0n) is 13.7. The Kier molecular flexibility index (Phi) is 4.03. The first-order valence-electron chi connectivity index (χ1n) is 8.34. The molecule has 1 atom stereocenters. The summed E-state index contributed by atoms with van der Waals surface area (Å²) < 4.78 is 5.38. The van der Waals surface area contributed by atoms with Crippen LogP contribution in [0.3, 0.4) is 0 Å². The molecule has 0 spiro atoms. The molecule has 2 aliphatic rings. The van der Waals surface area contributed by atoms with E-state index in [-0.39, 0.29) is 11.9 Å². The third-order valence-electron chi connectivity index (χ3n) is 4.82. The fourth-order valence-electron chi connectivity index (χ4n) is 3.52. The van der Waals surface area contributed by atoms with Crippen LogP contribution in [0.5, 0.6) is 0 Å². The summed E-state index contributed by atoms with van der Waals surface area (Å²) in [7, 11) is 0. The minimum Gasteiger partial charge on any atom is -0.379 e. The van der Waals surface area contributed by atoms with E-state index in [2.05, 4.69) is 20.1 Å². The van der Waals surface area contributed by atoms with Gasteiger partial charge in [-0.1, -0.05) is 0 Å². The Bertz CT molecular complexity index is 725. The van der Waals surface area contributed by atoms with E-state index in [9.17, 15) is 4.79 Å². The van der Waals surface area contributed by atoms with Crippen molar-refractivity contribution < 1.29 is 9.53 Å². The number of nitrogens with zero attached hydrogens (tertiary/aromatic N) is 4. The third kappa shape index (κ3) is 2.70. The number of aromatic amines is 1. The van der Waals surface area contributed by atoms with Gasteiger partial charge >= 0.3 is 0 Å². The monoisotopic (exact) mass is 327 g/mol. The molecule has 0 aliphatic carbocycles. The molecule has 2 aromatic rings. The molecule has 1 N–H and O–H groups in total. The Morgan fingerprint density at radius 2 is 2.08 bits per heavy atom. The van der Waals surface area contributed by atoms with Crippen molar-refractivity contribution in [2.75, 3.05) is 37.7 Å². The zero-order chi connectivity index (χ0) is 16.5. The summed E-state index contributed by atoms with van der Waals surface area (Å²) in [5.41, 5.74) is 2.94. The van der Waals surface area contributed by atoms with Crippen LogP contribution < -0.4 is 4.90 Å². The van der Waals surface area contributed by atoms with Crippen LogP contribution >= 0.6 is 0 Å². The highest BCUT2D eigenvalue weighted by Crippen LogP contribution is 2.27. The topological polar surface area (TPSA) is 74.3 Å². The maximum Gasteiger partial charge on any atom is 0.245 e. The molecule has 24 heavy (non-hydrogen) atoms. The number of hydrogen-bond donors (Lipinski definition) is 1. The Hall–Kier alpha value is -2.25. The summed E-state index contributed by atoms with van der Waals surface area (Å²) in [6.07, 6.45) is 4.47. The highest BCUT2D eigenvalue weighted by Gasteiger charge is 2.37.